The molecule has 2 aromatic heterocycles. The smallest absolute Gasteiger partial charge is 0.227 e. The van der Waals surface area contributed by atoms with Crippen LogP contribution >= 0.6 is 0 Å². The number of aryl methyl sites for hydroxylation is 2. The van der Waals surface area contributed by atoms with Gasteiger partial charge in [0, 0.05) is 32.6 Å². The lowest BCUT2D eigenvalue weighted by Gasteiger charge is -2.24. The number of fused-ring (bicyclic) bond motifs is 1. The molecule has 0 spiro atoms. The van der Waals surface area contributed by atoms with Crippen molar-refractivity contribution in [1.82, 2.24) is 24.6 Å². The van der Waals surface area contributed by atoms with Gasteiger partial charge in [-0.15, -0.1) is 0 Å². The van der Waals surface area contributed by atoms with Crippen molar-refractivity contribution in [2.75, 3.05) is 31.1 Å². The molecule has 37 heavy (non-hydrogen) atoms. The van der Waals surface area contributed by atoms with E-state index in [1.807, 2.05) is 46.8 Å². The number of carbonyl (C=O) groups excluding carboxylic acids is 1. The molecule has 3 heterocycles. The number of nitrogens with zero attached hydrogens (tertiary/aromatic N) is 6. The summed E-state index contributed by atoms with van der Waals surface area (Å²) in [4.78, 5) is 27.2. The third-order valence-corrected chi connectivity index (χ3v) is 6.90. The lowest BCUT2D eigenvalue weighted by molar-refractivity contribution is -0.130. The zero-order valence-corrected chi connectivity index (χ0v) is 21.5. The highest BCUT2D eigenvalue weighted by atomic mass is 19.1. The van der Waals surface area contributed by atoms with Gasteiger partial charge >= 0.3 is 0 Å². The van der Waals surface area contributed by atoms with E-state index < -0.39 is 0 Å². The number of para-hydroxylation sites is 1. The normalized spacial score (nSPS) is 14.2. The number of rotatable bonds is 7. The summed E-state index contributed by atoms with van der Waals surface area (Å²) in [7, 11) is 0. The molecule has 0 unspecified atom stereocenters. The Morgan fingerprint density at radius 3 is 2.51 bits per heavy atom. The number of benzene rings is 2. The molecule has 1 saturated heterocycles. The minimum Gasteiger partial charge on any atom is -0.354 e. The van der Waals surface area contributed by atoms with Crippen LogP contribution in [0.3, 0.4) is 0 Å². The molecular formula is C29H33FN6O. The molecule has 2 aromatic carbocycles. The van der Waals surface area contributed by atoms with Gasteiger partial charge in [0.1, 0.15) is 17.5 Å². The predicted molar refractivity (Wildman–Crippen MR) is 144 cm³/mol. The van der Waals surface area contributed by atoms with E-state index in [2.05, 4.69) is 11.8 Å². The Hall–Kier alpha value is -3.81. The van der Waals surface area contributed by atoms with Crippen LogP contribution in [0.15, 0.2) is 54.6 Å². The minimum absolute atomic E-state index is 0.0676. The number of unbranched alkanes of at least 4 members (excludes halogenated alkanes) is 1. The van der Waals surface area contributed by atoms with Crippen molar-refractivity contribution in [1.29, 1.82) is 0 Å². The van der Waals surface area contributed by atoms with Crippen molar-refractivity contribution in [2.45, 2.75) is 46.0 Å². The fraction of sp³-hybridized carbons (Fsp3) is 0.379. The van der Waals surface area contributed by atoms with Crippen LogP contribution in [0.2, 0.25) is 0 Å². The predicted octanol–water partition coefficient (Wildman–Crippen LogP) is 4.89. The Balaban J connectivity index is 1.43. The zero-order chi connectivity index (χ0) is 25.8. The number of hydrogen-bond donors (Lipinski definition) is 0. The van der Waals surface area contributed by atoms with Crippen LogP contribution in [0.5, 0.6) is 0 Å². The van der Waals surface area contributed by atoms with Gasteiger partial charge in [-0.05, 0) is 49.6 Å². The van der Waals surface area contributed by atoms with Crippen LogP contribution in [-0.2, 0) is 17.6 Å². The highest BCUT2D eigenvalue weighted by Crippen LogP contribution is 2.30. The second-order valence-corrected chi connectivity index (χ2v) is 9.62. The minimum atomic E-state index is -0.290. The van der Waals surface area contributed by atoms with E-state index >= 15 is 0 Å². The topological polar surface area (TPSA) is 67.2 Å². The van der Waals surface area contributed by atoms with Gasteiger partial charge in [0.15, 0.2) is 5.65 Å². The third-order valence-electron chi connectivity index (χ3n) is 6.90. The number of carbonyl (C=O) groups is 1. The van der Waals surface area contributed by atoms with Gasteiger partial charge in [-0.1, -0.05) is 43.7 Å². The van der Waals surface area contributed by atoms with E-state index in [-0.39, 0.29) is 18.1 Å². The Bertz CT molecular complexity index is 1370. The first-order valence-electron chi connectivity index (χ1n) is 13.1. The largest absolute Gasteiger partial charge is 0.354 e. The molecule has 192 valence electrons. The van der Waals surface area contributed by atoms with Gasteiger partial charge in [0.05, 0.1) is 23.2 Å². The highest BCUT2D eigenvalue weighted by Gasteiger charge is 2.25. The average Bonchev–Trinajstić information content (AvgIpc) is 3.08. The number of hydrogen-bond acceptors (Lipinski definition) is 5. The van der Waals surface area contributed by atoms with E-state index in [1.54, 1.807) is 12.1 Å². The van der Waals surface area contributed by atoms with E-state index in [4.69, 9.17) is 15.1 Å². The van der Waals surface area contributed by atoms with Crippen molar-refractivity contribution in [2.24, 2.45) is 0 Å². The summed E-state index contributed by atoms with van der Waals surface area (Å²) in [6.45, 7) is 6.97. The molecule has 1 aliphatic heterocycles. The van der Waals surface area contributed by atoms with E-state index in [9.17, 15) is 9.18 Å². The van der Waals surface area contributed by atoms with Crippen molar-refractivity contribution in [3.63, 3.8) is 0 Å². The molecule has 0 bridgehead atoms. The molecule has 1 fully saturated rings. The first kappa shape index (κ1) is 24.9. The summed E-state index contributed by atoms with van der Waals surface area (Å²) in [6.07, 6.45) is 4.03. The monoisotopic (exact) mass is 500 g/mol. The van der Waals surface area contributed by atoms with Crippen molar-refractivity contribution in [3.05, 3.63) is 77.5 Å². The van der Waals surface area contributed by atoms with Gasteiger partial charge in [-0.3, -0.25) is 4.79 Å². The standard InChI is InChI=1S/C29H33FN6O/c1-3-4-11-25-31-28(27-21(2)33-36(29(27)32-25)24-9-6-5-7-10-24)35-17-8-16-34(18-19-35)26(37)20-22-12-14-23(30)15-13-22/h5-7,9-10,12-15H,3-4,8,11,16-20H2,1-2H3. The fourth-order valence-corrected chi connectivity index (χ4v) is 4.90. The van der Waals surface area contributed by atoms with Crippen molar-refractivity contribution >= 4 is 22.8 Å². The molecule has 8 heteroatoms. The first-order chi connectivity index (χ1) is 18.0. The van der Waals surface area contributed by atoms with Crippen LogP contribution in [0, 0.1) is 12.7 Å². The molecule has 0 N–H and O–H groups in total. The van der Waals surface area contributed by atoms with Crippen LogP contribution < -0.4 is 4.90 Å². The lowest BCUT2D eigenvalue weighted by atomic mass is 10.1. The molecule has 4 aromatic rings. The Labute approximate surface area is 216 Å². The molecule has 5 rings (SSSR count). The molecule has 7 nitrogen and oxygen atoms in total. The quantitative estimate of drug-likeness (QED) is 0.362. The molecule has 0 saturated carbocycles. The van der Waals surface area contributed by atoms with Gasteiger partial charge in [0.2, 0.25) is 5.91 Å². The van der Waals surface area contributed by atoms with Crippen LogP contribution in [0.4, 0.5) is 10.2 Å². The third kappa shape index (κ3) is 5.48. The second-order valence-electron chi connectivity index (χ2n) is 9.62. The van der Waals surface area contributed by atoms with E-state index in [0.717, 1.165) is 71.8 Å². The maximum Gasteiger partial charge on any atom is 0.227 e. The average molecular weight is 501 g/mol. The number of halogens is 1. The van der Waals surface area contributed by atoms with E-state index in [0.29, 0.717) is 19.6 Å². The van der Waals surface area contributed by atoms with Gasteiger partial charge in [-0.25, -0.2) is 19.0 Å². The maximum atomic E-state index is 13.3. The summed E-state index contributed by atoms with van der Waals surface area (Å²) in [5.74, 6) is 1.51. The fourth-order valence-electron chi connectivity index (χ4n) is 4.90. The molecule has 1 aliphatic rings. The van der Waals surface area contributed by atoms with Gasteiger partial charge in [-0.2, -0.15) is 5.10 Å². The second kappa shape index (κ2) is 11.1. The SMILES string of the molecule is CCCCc1nc(N2CCCN(C(=O)Cc3ccc(F)cc3)CC2)c2c(C)nn(-c3ccccc3)c2n1. The summed E-state index contributed by atoms with van der Waals surface area (Å²) in [5, 5.41) is 5.82. The maximum absolute atomic E-state index is 13.3. The van der Waals surface area contributed by atoms with Crippen LogP contribution in [0.25, 0.3) is 16.7 Å². The number of aromatic nitrogens is 4. The van der Waals surface area contributed by atoms with Gasteiger partial charge in [0.25, 0.3) is 0 Å². The number of amides is 1. The molecule has 0 atom stereocenters. The highest BCUT2D eigenvalue weighted by molar-refractivity contribution is 5.91. The summed E-state index contributed by atoms with van der Waals surface area (Å²) >= 11 is 0. The van der Waals surface area contributed by atoms with Crippen molar-refractivity contribution < 1.29 is 9.18 Å². The molecule has 0 aliphatic carbocycles. The molecule has 0 radical (unpaired) electrons. The lowest BCUT2D eigenvalue weighted by Crippen LogP contribution is -2.36. The van der Waals surface area contributed by atoms with Gasteiger partial charge < -0.3 is 9.80 Å². The summed E-state index contributed by atoms with van der Waals surface area (Å²) < 4.78 is 15.2. The molecule has 1 amide bonds. The van der Waals surface area contributed by atoms with Crippen molar-refractivity contribution in [3.8, 4) is 5.69 Å². The Morgan fingerprint density at radius 2 is 1.76 bits per heavy atom. The first-order valence-corrected chi connectivity index (χ1v) is 13.1. The summed E-state index contributed by atoms with van der Waals surface area (Å²) in [6, 6.07) is 16.2. The number of anilines is 1. The van der Waals surface area contributed by atoms with Crippen LogP contribution in [0.1, 0.15) is 43.3 Å². The Kier molecular flexibility index (Phi) is 7.44. The van der Waals surface area contributed by atoms with E-state index in [1.165, 1.54) is 12.1 Å². The zero-order valence-electron chi connectivity index (χ0n) is 21.5. The molecular weight excluding hydrogens is 467 g/mol. The summed E-state index contributed by atoms with van der Waals surface area (Å²) in [5.41, 5.74) is 3.52. The Morgan fingerprint density at radius 1 is 0.973 bits per heavy atom. The van der Waals surface area contributed by atoms with Crippen LogP contribution in [-0.4, -0.2) is 56.7 Å².